The van der Waals surface area contributed by atoms with Gasteiger partial charge in [0.15, 0.2) is 5.82 Å². The summed E-state index contributed by atoms with van der Waals surface area (Å²) in [6.45, 7) is 8.62. The van der Waals surface area contributed by atoms with Gasteiger partial charge in [-0.1, -0.05) is 20.8 Å². The van der Waals surface area contributed by atoms with Crippen LogP contribution in [0, 0.1) is 6.92 Å². The van der Waals surface area contributed by atoms with Crippen molar-refractivity contribution in [2.24, 2.45) is 7.05 Å². The summed E-state index contributed by atoms with van der Waals surface area (Å²) >= 11 is 0. The van der Waals surface area contributed by atoms with E-state index >= 15 is 0 Å². The van der Waals surface area contributed by atoms with Gasteiger partial charge in [0.05, 0.1) is 6.54 Å². The molecule has 0 aliphatic carbocycles. The zero-order chi connectivity index (χ0) is 14.9. The first-order valence-corrected chi connectivity index (χ1v) is 6.50. The minimum absolute atomic E-state index is 0.150. The normalized spacial score (nSPS) is 11.7. The van der Waals surface area contributed by atoms with Crippen molar-refractivity contribution in [1.82, 2.24) is 24.7 Å². The molecule has 0 atom stereocenters. The number of hydrogen-bond donors (Lipinski definition) is 2. The first-order valence-electron chi connectivity index (χ1n) is 6.50. The van der Waals surface area contributed by atoms with Gasteiger partial charge in [-0.25, -0.2) is 9.97 Å². The summed E-state index contributed by atoms with van der Waals surface area (Å²) in [5.41, 5.74) is 6.67. The summed E-state index contributed by atoms with van der Waals surface area (Å²) in [6.07, 6.45) is 1.67. The van der Waals surface area contributed by atoms with Gasteiger partial charge in [-0.05, 0) is 6.92 Å². The highest BCUT2D eigenvalue weighted by Gasteiger charge is 2.20. The van der Waals surface area contributed by atoms with Crippen LogP contribution in [0.4, 0.5) is 11.6 Å². The minimum atomic E-state index is -0.150. The third-order valence-corrected chi connectivity index (χ3v) is 3.07. The molecule has 7 nitrogen and oxygen atoms in total. The molecule has 0 aliphatic heterocycles. The van der Waals surface area contributed by atoms with Gasteiger partial charge in [-0.15, -0.1) is 10.2 Å². The van der Waals surface area contributed by atoms with Crippen molar-refractivity contribution in [3.8, 4) is 0 Å². The summed E-state index contributed by atoms with van der Waals surface area (Å²) in [5.74, 6) is 2.80. The number of rotatable bonds is 3. The van der Waals surface area contributed by atoms with Crippen molar-refractivity contribution in [2.45, 2.75) is 39.7 Å². The molecule has 0 amide bonds. The van der Waals surface area contributed by atoms with E-state index in [0.29, 0.717) is 12.4 Å². The van der Waals surface area contributed by atoms with Gasteiger partial charge < -0.3 is 15.6 Å². The number of nitrogens with one attached hydrogen (secondary N) is 1. The molecule has 2 heterocycles. The summed E-state index contributed by atoms with van der Waals surface area (Å²) in [7, 11) is 1.90. The number of nitrogen functional groups attached to an aromatic ring is 1. The SMILES string of the molecule is Cc1c(N)nc(C(C)(C)C)nc1NCc1nncn1C. The Hall–Kier alpha value is -2.18. The Kier molecular flexibility index (Phi) is 3.61. The monoisotopic (exact) mass is 275 g/mol. The molecule has 0 saturated carbocycles. The molecule has 0 bridgehead atoms. The highest BCUT2D eigenvalue weighted by atomic mass is 15.3. The van der Waals surface area contributed by atoms with Gasteiger partial charge in [0.2, 0.25) is 0 Å². The van der Waals surface area contributed by atoms with E-state index in [2.05, 4.69) is 46.3 Å². The Balaban J connectivity index is 2.27. The van der Waals surface area contributed by atoms with Crippen LogP contribution >= 0.6 is 0 Å². The van der Waals surface area contributed by atoms with Gasteiger partial charge in [0.1, 0.15) is 23.8 Å². The Labute approximate surface area is 118 Å². The Morgan fingerprint density at radius 1 is 1.30 bits per heavy atom. The standard InChI is InChI=1S/C13H21N7/c1-8-10(14)17-12(13(2,3)4)18-11(8)15-6-9-19-16-7-20(9)5/h7H,6H2,1-5H3,(H3,14,15,17,18). The second kappa shape index (κ2) is 5.07. The molecule has 0 saturated heterocycles. The van der Waals surface area contributed by atoms with Crippen LogP contribution in [0.5, 0.6) is 0 Å². The largest absolute Gasteiger partial charge is 0.383 e. The number of aromatic nitrogens is 5. The van der Waals surface area contributed by atoms with E-state index in [9.17, 15) is 0 Å². The van der Waals surface area contributed by atoms with Crippen LogP contribution < -0.4 is 11.1 Å². The average molecular weight is 275 g/mol. The lowest BCUT2D eigenvalue weighted by atomic mass is 9.95. The Bertz CT molecular complexity index is 610. The number of anilines is 2. The second-order valence-corrected chi connectivity index (χ2v) is 5.87. The smallest absolute Gasteiger partial charge is 0.151 e. The minimum Gasteiger partial charge on any atom is -0.383 e. The molecule has 20 heavy (non-hydrogen) atoms. The number of aryl methyl sites for hydroxylation is 1. The van der Waals surface area contributed by atoms with Crippen LogP contribution in [0.3, 0.4) is 0 Å². The first-order chi connectivity index (χ1) is 9.29. The van der Waals surface area contributed by atoms with Crippen LogP contribution in [0.15, 0.2) is 6.33 Å². The molecule has 2 aromatic rings. The lowest BCUT2D eigenvalue weighted by Crippen LogP contribution is -2.19. The Morgan fingerprint density at radius 3 is 2.55 bits per heavy atom. The molecule has 108 valence electrons. The summed E-state index contributed by atoms with van der Waals surface area (Å²) in [6, 6.07) is 0. The maximum absolute atomic E-state index is 5.97. The molecule has 0 unspecified atom stereocenters. The van der Waals surface area contributed by atoms with Crippen molar-refractivity contribution in [3.63, 3.8) is 0 Å². The lowest BCUT2D eigenvalue weighted by molar-refractivity contribution is 0.546. The first kappa shape index (κ1) is 14.2. The highest BCUT2D eigenvalue weighted by molar-refractivity contribution is 5.55. The average Bonchev–Trinajstić information content (AvgIpc) is 2.75. The van der Waals surface area contributed by atoms with E-state index in [1.807, 2.05) is 18.5 Å². The zero-order valence-electron chi connectivity index (χ0n) is 12.6. The molecule has 0 radical (unpaired) electrons. The van der Waals surface area contributed by atoms with Crippen molar-refractivity contribution in [3.05, 3.63) is 23.5 Å². The fourth-order valence-corrected chi connectivity index (χ4v) is 1.67. The van der Waals surface area contributed by atoms with E-state index in [4.69, 9.17) is 5.73 Å². The van der Waals surface area contributed by atoms with Gasteiger partial charge in [-0.2, -0.15) is 0 Å². The van der Waals surface area contributed by atoms with Crippen molar-refractivity contribution in [2.75, 3.05) is 11.1 Å². The van der Waals surface area contributed by atoms with Gasteiger partial charge in [0, 0.05) is 18.0 Å². The van der Waals surface area contributed by atoms with E-state index in [-0.39, 0.29) is 5.41 Å². The van der Waals surface area contributed by atoms with Gasteiger partial charge in [-0.3, -0.25) is 0 Å². The fourth-order valence-electron chi connectivity index (χ4n) is 1.67. The Morgan fingerprint density at radius 2 is 2.00 bits per heavy atom. The van der Waals surface area contributed by atoms with Gasteiger partial charge in [0.25, 0.3) is 0 Å². The number of nitrogens with zero attached hydrogens (tertiary/aromatic N) is 5. The molecule has 0 aliphatic rings. The summed E-state index contributed by atoms with van der Waals surface area (Å²) < 4.78 is 1.86. The van der Waals surface area contributed by atoms with Crippen LogP contribution in [0.25, 0.3) is 0 Å². The molecule has 0 spiro atoms. The molecule has 2 aromatic heterocycles. The number of hydrogen-bond acceptors (Lipinski definition) is 6. The summed E-state index contributed by atoms with van der Waals surface area (Å²) in [5, 5.41) is 11.1. The third kappa shape index (κ3) is 2.87. The summed E-state index contributed by atoms with van der Waals surface area (Å²) in [4.78, 5) is 8.93. The van der Waals surface area contributed by atoms with Crippen LogP contribution in [0.2, 0.25) is 0 Å². The quantitative estimate of drug-likeness (QED) is 0.879. The predicted octanol–water partition coefficient (Wildman–Crippen LogP) is 1.41. The second-order valence-electron chi connectivity index (χ2n) is 5.87. The maximum Gasteiger partial charge on any atom is 0.151 e. The molecular formula is C13H21N7. The van der Waals surface area contributed by atoms with Crippen LogP contribution in [-0.2, 0) is 19.0 Å². The fraction of sp³-hybridized carbons (Fsp3) is 0.538. The lowest BCUT2D eigenvalue weighted by Gasteiger charge is -2.19. The molecule has 2 rings (SSSR count). The molecule has 7 heteroatoms. The molecule has 3 N–H and O–H groups in total. The number of nitrogens with two attached hydrogens (primary N) is 1. The van der Waals surface area contributed by atoms with Gasteiger partial charge >= 0.3 is 0 Å². The van der Waals surface area contributed by atoms with Crippen molar-refractivity contribution < 1.29 is 0 Å². The molecular weight excluding hydrogens is 254 g/mol. The van der Waals surface area contributed by atoms with Crippen LogP contribution in [-0.4, -0.2) is 24.7 Å². The highest BCUT2D eigenvalue weighted by Crippen LogP contribution is 2.24. The molecule has 0 fully saturated rings. The third-order valence-electron chi connectivity index (χ3n) is 3.07. The topological polar surface area (TPSA) is 94.5 Å². The predicted molar refractivity (Wildman–Crippen MR) is 78.2 cm³/mol. The van der Waals surface area contributed by atoms with E-state index in [1.165, 1.54) is 0 Å². The zero-order valence-corrected chi connectivity index (χ0v) is 12.6. The van der Waals surface area contributed by atoms with Crippen molar-refractivity contribution in [1.29, 1.82) is 0 Å². The van der Waals surface area contributed by atoms with Crippen LogP contribution in [0.1, 0.15) is 38.0 Å². The van der Waals surface area contributed by atoms with E-state index < -0.39 is 0 Å². The maximum atomic E-state index is 5.97. The molecule has 0 aromatic carbocycles. The van der Waals surface area contributed by atoms with E-state index in [1.54, 1.807) is 6.33 Å². The van der Waals surface area contributed by atoms with Crippen molar-refractivity contribution >= 4 is 11.6 Å². The van der Waals surface area contributed by atoms with E-state index in [0.717, 1.165) is 23.0 Å².